The van der Waals surface area contributed by atoms with Crippen LogP contribution in [0.25, 0.3) is 0 Å². The van der Waals surface area contributed by atoms with E-state index in [-0.39, 0.29) is 24.0 Å². The number of hydrogen-bond acceptors (Lipinski definition) is 5. The predicted molar refractivity (Wildman–Crippen MR) is 107 cm³/mol. The first-order valence-corrected chi connectivity index (χ1v) is 10.8. The van der Waals surface area contributed by atoms with Gasteiger partial charge in [0.1, 0.15) is 0 Å². The summed E-state index contributed by atoms with van der Waals surface area (Å²) in [7, 11) is -0.416. The lowest BCUT2D eigenvalue weighted by Crippen LogP contribution is -2.42. The van der Waals surface area contributed by atoms with Crippen molar-refractivity contribution >= 4 is 15.8 Å². The standard InChI is InChI=1S/C21H25NO5S/c1-26-19-11-10-17(13-20(19)27-2)21(23)18-9-6-12-22(14-18)28(24,25)15-16-7-4-3-5-8-16/h3-5,7-8,10-11,13,18H,6,9,12,14-15H2,1-2H3/t18-/m1/s1. The van der Waals surface area contributed by atoms with Crippen LogP contribution in [0.4, 0.5) is 0 Å². The average molecular weight is 404 g/mol. The van der Waals surface area contributed by atoms with Crippen molar-refractivity contribution in [2.24, 2.45) is 5.92 Å². The molecule has 0 radical (unpaired) electrons. The van der Waals surface area contributed by atoms with Crippen LogP contribution in [-0.2, 0) is 15.8 Å². The Morgan fingerprint density at radius 2 is 1.79 bits per heavy atom. The van der Waals surface area contributed by atoms with Gasteiger partial charge in [-0.3, -0.25) is 4.79 Å². The predicted octanol–water partition coefficient (Wildman–Crippen LogP) is 3.13. The smallest absolute Gasteiger partial charge is 0.218 e. The summed E-state index contributed by atoms with van der Waals surface area (Å²) in [6.45, 7) is 0.660. The molecular weight excluding hydrogens is 378 g/mol. The molecule has 1 fully saturated rings. The Balaban J connectivity index is 1.75. The number of benzene rings is 2. The molecule has 2 aromatic carbocycles. The lowest BCUT2D eigenvalue weighted by molar-refractivity contribution is 0.0872. The summed E-state index contributed by atoms with van der Waals surface area (Å²) in [5, 5.41) is 0. The summed E-state index contributed by atoms with van der Waals surface area (Å²) < 4.78 is 37.6. The maximum Gasteiger partial charge on any atom is 0.218 e. The molecule has 3 rings (SSSR count). The molecule has 0 aromatic heterocycles. The molecule has 1 aliphatic heterocycles. The SMILES string of the molecule is COc1ccc(C(=O)[C@@H]2CCCN(S(=O)(=O)Cc3ccccc3)C2)cc1OC. The van der Waals surface area contributed by atoms with E-state index in [9.17, 15) is 13.2 Å². The fourth-order valence-corrected chi connectivity index (χ4v) is 5.12. The maximum atomic E-state index is 13.0. The van der Waals surface area contributed by atoms with Gasteiger partial charge in [-0.05, 0) is 36.6 Å². The van der Waals surface area contributed by atoms with Gasteiger partial charge in [0.2, 0.25) is 10.0 Å². The lowest BCUT2D eigenvalue weighted by atomic mass is 9.91. The number of carbonyl (C=O) groups is 1. The molecule has 0 bridgehead atoms. The van der Waals surface area contributed by atoms with Crippen LogP contribution < -0.4 is 9.47 Å². The zero-order valence-electron chi connectivity index (χ0n) is 16.1. The number of ether oxygens (including phenoxy) is 2. The van der Waals surface area contributed by atoms with E-state index < -0.39 is 10.0 Å². The summed E-state index contributed by atoms with van der Waals surface area (Å²) in [5.41, 5.74) is 1.25. The highest BCUT2D eigenvalue weighted by Gasteiger charge is 2.33. The van der Waals surface area contributed by atoms with Crippen LogP contribution in [-0.4, -0.2) is 45.8 Å². The van der Waals surface area contributed by atoms with Gasteiger partial charge in [0, 0.05) is 24.6 Å². The van der Waals surface area contributed by atoms with Crippen molar-refractivity contribution in [1.82, 2.24) is 4.31 Å². The van der Waals surface area contributed by atoms with E-state index in [0.29, 0.717) is 36.4 Å². The van der Waals surface area contributed by atoms with Gasteiger partial charge in [-0.25, -0.2) is 12.7 Å². The van der Waals surface area contributed by atoms with Gasteiger partial charge in [-0.1, -0.05) is 30.3 Å². The Morgan fingerprint density at radius 3 is 2.46 bits per heavy atom. The van der Waals surface area contributed by atoms with E-state index in [1.54, 1.807) is 30.3 Å². The number of Topliss-reactive ketones (excluding diaryl/α,β-unsaturated/α-hetero) is 1. The number of ketones is 1. The average Bonchev–Trinajstić information content (AvgIpc) is 2.73. The van der Waals surface area contributed by atoms with Gasteiger partial charge in [-0.2, -0.15) is 0 Å². The minimum atomic E-state index is -3.47. The maximum absolute atomic E-state index is 13.0. The van der Waals surface area contributed by atoms with Gasteiger partial charge < -0.3 is 9.47 Å². The molecule has 28 heavy (non-hydrogen) atoms. The molecule has 0 saturated carbocycles. The Labute approximate surface area is 166 Å². The molecule has 2 aromatic rings. The van der Waals surface area contributed by atoms with Gasteiger partial charge >= 0.3 is 0 Å². The van der Waals surface area contributed by atoms with Crippen molar-refractivity contribution < 1.29 is 22.7 Å². The van der Waals surface area contributed by atoms with E-state index in [4.69, 9.17) is 9.47 Å². The van der Waals surface area contributed by atoms with Crippen molar-refractivity contribution in [3.8, 4) is 11.5 Å². The highest BCUT2D eigenvalue weighted by molar-refractivity contribution is 7.88. The fourth-order valence-electron chi connectivity index (χ4n) is 3.51. The van der Waals surface area contributed by atoms with E-state index in [0.717, 1.165) is 5.56 Å². The van der Waals surface area contributed by atoms with Gasteiger partial charge in [0.15, 0.2) is 17.3 Å². The molecule has 0 spiro atoms. The van der Waals surface area contributed by atoms with E-state index in [1.165, 1.54) is 18.5 Å². The number of nitrogens with zero attached hydrogens (tertiary/aromatic N) is 1. The van der Waals surface area contributed by atoms with E-state index in [1.807, 2.05) is 18.2 Å². The molecule has 0 aliphatic carbocycles. The summed E-state index contributed by atoms with van der Waals surface area (Å²) in [5.74, 6) is 0.552. The second-order valence-corrected chi connectivity index (χ2v) is 8.84. The van der Waals surface area contributed by atoms with Crippen LogP contribution in [0.2, 0.25) is 0 Å². The Hall–Kier alpha value is -2.38. The number of piperidine rings is 1. The highest BCUT2D eigenvalue weighted by Crippen LogP contribution is 2.30. The van der Waals surface area contributed by atoms with Crippen LogP contribution in [0.3, 0.4) is 0 Å². The number of methoxy groups -OCH3 is 2. The van der Waals surface area contributed by atoms with Gasteiger partial charge in [0.05, 0.1) is 20.0 Å². The molecule has 1 saturated heterocycles. The summed E-state index contributed by atoms with van der Waals surface area (Å²) in [6, 6.07) is 14.1. The Bertz CT molecular complexity index is 927. The third-order valence-corrected chi connectivity index (χ3v) is 6.82. The molecular formula is C21H25NO5S. The highest BCUT2D eigenvalue weighted by atomic mass is 32.2. The molecule has 6 nitrogen and oxygen atoms in total. The second kappa shape index (κ2) is 8.75. The molecule has 1 aliphatic rings. The van der Waals surface area contributed by atoms with Crippen LogP contribution >= 0.6 is 0 Å². The number of sulfonamides is 1. The molecule has 7 heteroatoms. The minimum Gasteiger partial charge on any atom is -0.493 e. The number of hydrogen-bond donors (Lipinski definition) is 0. The van der Waals surface area contributed by atoms with Crippen LogP contribution in [0.1, 0.15) is 28.8 Å². The van der Waals surface area contributed by atoms with Crippen molar-refractivity contribution in [1.29, 1.82) is 0 Å². The zero-order chi connectivity index (χ0) is 20.1. The molecule has 0 unspecified atom stereocenters. The van der Waals surface area contributed by atoms with Gasteiger partial charge in [-0.15, -0.1) is 0 Å². The molecule has 0 amide bonds. The third kappa shape index (κ3) is 4.54. The fraction of sp³-hybridized carbons (Fsp3) is 0.381. The quantitative estimate of drug-likeness (QED) is 0.664. The van der Waals surface area contributed by atoms with E-state index >= 15 is 0 Å². The monoisotopic (exact) mass is 403 g/mol. The van der Waals surface area contributed by atoms with Crippen molar-refractivity contribution in [3.63, 3.8) is 0 Å². The topological polar surface area (TPSA) is 72.9 Å². The summed E-state index contributed by atoms with van der Waals surface area (Å²) in [6.07, 6.45) is 1.34. The molecule has 1 atom stereocenters. The summed E-state index contributed by atoms with van der Waals surface area (Å²) >= 11 is 0. The molecule has 1 heterocycles. The van der Waals surface area contributed by atoms with E-state index in [2.05, 4.69) is 0 Å². The van der Waals surface area contributed by atoms with Crippen molar-refractivity contribution in [2.45, 2.75) is 18.6 Å². The van der Waals surface area contributed by atoms with Crippen LogP contribution in [0.5, 0.6) is 11.5 Å². The first kappa shape index (κ1) is 20.4. The Kier molecular flexibility index (Phi) is 6.36. The van der Waals surface area contributed by atoms with Gasteiger partial charge in [0.25, 0.3) is 0 Å². The van der Waals surface area contributed by atoms with Crippen molar-refractivity contribution in [2.75, 3.05) is 27.3 Å². The van der Waals surface area contributed by atoms with Crippen LogP contribution in [0, 0.1) is 5.92 Å². The largest absolute Gasteiger partial charge is 0.493 e. The molecule has 150 valence electrons. The first-order chi connectivity index (χ1) is 13.4. The molecule has 0 N–H and O–H groups in total. The number of carbonyl (C=O) groups excluding carboxylic acids is 1. The second-order valence-electron chi connectivity index (χ2n) is 6.87. The van der Waals surface area contributed by atoms with Crippen LogP contribution in [0.15, 0.2) is 48.5 Å². The first-order valence-electron chi connectivity index (χ1n) is 9.22. The number of rotatable bonds is 7. The lowest BCUT2D eigenvalue weighted by Gasteiger charge is -2.31. The minimum absolute atomic E-state index is 0.0505. The van der Waals surface area contributed by atoms with Crippen molar-refractivity contribution in [3.05, 3.63) is 59.7 Å². The Morgan fingerprint density at radius 1 is 1.07 bits per heavy atom. The third-order valence-electron chi connectivity index (χ3n) is 5.01. The normalized spacial score (nSPS) is 17.9. The zero-order valence-corrected chi connectivity index (χ0v) is 16.9. The summed E-state index contributed by atoms with van der Waals surface area (Å²) in [4.78, 5) is 13.0.